The summed E-state index contributed by atoms with van der Waals surface area (Å²) in [7, 11) is 0. The molecule has 2 aliphatic rings. The summed E-state index contributed by atoms with van der Waals surface area (Å²) in [6, 6.07) is 4.03. The zero-order chi connectivity index (χ0) is 14.9. The third-order valence-corrected chi connectivity index (χ3v) is 5.01. The Morgan fingerprint density at radius 1 is 1.36 bits per heavy atom. The number of rotatable bonds is 4. The second-order valence-corrected chi connectivity index (χ2v) is 6.48. The predicted octanol–water partition coefficient (Wildman–Crippen LogP) is 2.62. The Morgan fingerprint density at radius 2 is 2.32 bits per heavy atom. The molecule has 0 aliphatic carbocycles. The first-order chi connectivity index (χ1) is 10.8. The van der Waals surface area contributed by atoms with Crippen molar-refractivity contribution in [2.75, 3.05) is 26.2 Å². The van der Waals surface area contributed by atoms with Gasteiger partial charge in [0, 0.05) is 25.9 Å². The van der Waals surface area contributed by atoms with E-state index in [9.17, 15) is 0 Å². The summed E-state index contributed by atoms with van der Waals surface area (Å²) in [4.78, 5) is 12.0. The molecule has 5 heteroatoms. The molecule has 2 aromatic rings. The molecule has 2 atom stereocenters. The summed E-state index contributed by atoms with van der Waals surface area (Å²) in [6.45, 7) is 7.67. The van der Waals surface area contributed by atoms with Crippen LogP contribution in [-0.2, 0) is 11.3 Å². The van der Waals surface area contributed by atoms with Gasteiger partial charge in [0.1, 0.15) is 17.4 Å². The van der Waals surface area contributed by atoms with Crippen molar-refractivity contribution in [3.63, 3.8) is 0 Å². The molecule has 0 N–H and O–H groups in total. The number of fused-ring (bicyclic) bond motifs is 1. The van der Waals surface area contributed by atoms with Crippen LogP contribution in [0.4, 0.5) is 0 Å². The lowest BCUT2D eigenvalue weighted by atomic mass is 10.1. The molecule has 0 saturated carbocycles. The Hall–Kier alpha value is -1.46. The highest BCUT2D eigenvalue weighted by atomic mass is 16.5. The highest BCUT2D eigenvalue weighted by molar-refractivity contribution is 5.71. The second-order valence-electron chi connectivity index (χ2n) is 6.48. The van der Waals surface area contributed by atoms with Crippen LogP contribution >= 0.6 is 0 Å². The van der Waals surface area contributed by atoms with Gasteiger partial charge in [0.25, 0.3) is 0 Å². The number of hydrogen-bond acceptors (Lipinski definition) is 4. The summed E-state index contributed by atoms with van der Waals surface area (Å²) < 4.78 is 8.22. The van der Waals surface area contributed by atoms with Crippen LogP contribution in [0.2, 0.25) is 0 Å². The van der Waals surface area contributed by atoms with E-state index < -0.39 is 0 Å². The average molecular weight is 300 g/mol. The Kier molecular flexibility index (Phi) is 3.84. The fourth-order valence-corrected chi connectivity index (χ4v) is 3.79. The highest BCUT2D eigenvalue weighted by Gasteiger charge is 2.28. The fraction of sp³-hybridized carbons (Fsp3) is 0.647. The van der Waals surface area contributed by atoms with Crippen molar-refractivity contribution < 1.29 is 4.74 Å². The van der Waals surface area contributed by atoms with E-state index in [1.165, 1.54) is 19.5 Å². The molecule has 118 valence electrons. The molecule has 0 radical (unpaired) electrons. The summed E-state index contributed by atoms with van der Waals surface area (Å²) >= 11 is 0. The van der Waals surface area contributed by atoms with Crippen molar-refractivity contribution in [3.05, 3.63) is 24.2 Å². The van der Waals surface area contributed by atoms with Gasteiger partial charge < -0.3 is 14.2 Å². The summed E-state index contributed by atoms with van der Waals surface area (Å²) in [5, 5.41) is 0. The second kappa shape index (κ2) is 5.97. The number of ether oxygens (including phenoxy) is 1. The molecule has 2 unspecified atom stereocenters. The molecule has 4 heterocycles. The van der Waals surface area contributed by atoms with Crippen LogP contribution in [-0.4, -0.2) is 45.7 Å². The molecular weight excluding hydrogens is 276 g/mol. The van der Waals surface area contributed by atoms with Crippen molar-refractivity contribution in [1.29, 1.82) is 0 Å². The largest absolute Gasteiger partial charge is 0.370 e. The molecular formula is C17H24N4O. The van der Waals surface area contributed by atoms with Gasteiger partial charge in [-0.2, -0.15) is 0 Å². The van der Waals surface area contributed by atoms with Crippen LogP contribution in [0.15, 0.2) is 18.3 Å². The Morgan fingerprint density at radius 3 is 3.09 bits per heavy atom. The van der Waals surface area contributed by atoms with Crippen LogP contribution in [0.25, 0.3) is 11.2 Å². The van der Waals surface area contributed by atoms with Gasteiger partial charge in [-0.3, -0.25) is 0 Å². The molecule has 2 aromatic heterocycles. The quantitative estimate of drug-likeness (QED) is 0.870. The molecule has 0 spiro atoms. The number of nitrogens with zero attached hydrogens (tertiary/aromatic N) is 4. The molecule has 0 amide bonds. The van der Waals surface area contributed by atoms with Gasteiger partial charge >= 0.3 is 0 Å². The van der Waals surface area contributed by atoms with Gasteiger partial charge in [-0.15, -0.1) is 0 Å². The zero-order valence-corrected chi connectivity index (χ0v) is 13.2. The first-order valence-corrected chi connectivity index (χ1v) is 8.50. The third-order valence-electron chi connectivity index (χ3n) is 5.01. The normalized spacial score (nSPS) is 26.2. The standard InChI is InChI=1S/C17H24N4O/c1-2-20-9-7-13(11-20)12-21-16-14(5-3-8-18-16)19-17(21)15-6-4-10-22-15/h3,5,8,13,15H,2,4,6-7,9-12H2,1H3. The van der Waals surface area contributed by atoms with Gasteiger partial charge in [-0.05, 0) is 50.4 Å². The van der Waals surface area contributed by atoms with Gasteiger partial charge in [0.15, 0.2) is 5.65 Å². The summed E-state index contributed by atoms with van der Waals surface area (Å²) in [6.07, 6.45) is 5.50. The number of imidazole rings is 1. The molecule has 2 aliphatic heterocycles. The SMILES string of the molecule is CCN1CCC(Cn2c(C3CCCO3)nc3cccnc32)C1. The number of likely N-dealkylation sites (tertiary alicyclic amines) is 1. The van der Waals surface area contributed by atoms with Crippen molar-refractivity contribution in [3.8, 4) is 0 Å². The minimum absolute atomic E-state index is 0.151. The van der Waals surface area contributed by atoms with Crippen molar-refractivity contribution in [2.45, 2.75) is 38.8 Å². The van der Waals surface area contributed by atoms with Crippen LogP contribution in [0.3, 0.4) is 0 Å². The maximum atomic E-state index is 5.89. The molecule has 0 aromatic carbocycles. The average Bonchev–Trinajstić information content (AvgIpc) is 3.27. The highest BCUT2D eigenvalue weighted by Crippen LogP contribution is 2.31. The Bertz CT molecular complexity index is 647. The summed E-state index contributed by atoms with van der Waals surface area (Å²) in [5.74, 6) is 1.78. The molecule has 5 nitrogen and oxygen atoms in total. The maximum absolute atomic E-state index is 5.89. The minimum Gasteiger partial charge on any atom is -0.370 e. The van der Waals surface area contributed by atoms with E-state index >= 15 is 0 Å². The molecule has 2 fully saturated rings. The van der Waals surface area contributed by atoms with E-state index in [0.717, 1.165) is 49.5 Å². The van der Waals surface area contributed by atoms with E-state index in [0.29, 0.717) is 5.92 Å². The molecule has 22 heavy (non-hydrogen) atoms. The topological polar surface area (TPSA) is 43.2 Å². The first kappa shape index (κ1) is 14.2. The molecule has 4 rings (SSSR count). The Balaban J connectivity index is 1.66. The number of pyridine rings is 1. The van der Waals surface area contributed by atoms with E-state index in [4.69, 9.17) is 9.72 Å². The number of hydrogen-bond donors (Lipinski definition) is 0. The van der Waals surface area contributed by atoms with E-state index in [1.807, 2.05) is 12.3 Å². The zero-order valence-electron chi connectivity index (χ0n) is 13.2. The van der Waals surface area contributed by atoms with E-state index in [-0.39, 0.29) is 6.10 Å². The number of aromatic nitrogens is 3. The molecule has 0 bridgehead atoms. The minimum atomic E-state index is 0.151. The third kappa shape index (κ3) is 2.52. The lowest BCUT2D eigenvalue weighted by Gasteiger charge is -2.17. The summed E-state index contributed by atoms with van der Waals surface area (Å²) in [5.41, 5.74) is 2.02. The van der Waals surface area contributed by atoms with Gasteiger partial charge in [-0.1, -0.05) is 6.92 Å². The first-order valence-electron chi connectivity index (χ1n) is 8.50. The van der Waals surface area contributed by atoms with Gasteiger partial charge in [0.05, 0.1) is 0 Å². The molecule has 2 saturated heterocycles. The van der Waals surface area contributed by atoms with Crippen LogP contribution in [0.1, 0.15) is 38.1 Å². The van der Waals surface area contributed by atoms with E-state index in [2.05, 4.69) is 27.4 Å². The van der Waals surface area contributed by atoms with Crippen molar-refractivity contribution in [1.82, 2.24) is 19.4 Å². The van der Waals surface area contributed by atoms with Crippen molar-refractivity contribution in [2.24, 2.45) is 5.92 Å². The van der Waals surface area contributed by atoms with Gasteiger partial charge in [0.2, 0.25) is 0 Å². The van der Waals surface area contributed by atoms with Crippen LogP contribution in [0.5, 0.6) is 0 Å². The lowest BCUT2D eigenvalue weighted by molar-refractivity contribution is 0.101. The fourth-order valence-electron chi connectivity index (χ4n) is 3.79. The smallest absolute Gasteiger partial charge is 0.160 e. The van der Waals surface area contributed by atoms with Crippen LogP contribution < -0.4 is 0 Å². The maximum Gasteiger partial charge on any atom is 0.160 e. The van der Waals surface area contributed by atoms with Gasteiger partial charge in [-0.25, -0.2) is 9.97 Å². The van der Waals surface area contributed by atoms with E-state index in [1.54, 1.807) is 0 Å². The predicted molar refractivity (Wildman–Crippen MR) is 85.7 cm³/mol. The Labute approximate surface area is 131 Å². The monoisotopic (exact) mass is 300 g/mol. The van der Waals surface area contributed by atoms with Crippen molar-refractivity contribution >= 4 is 11.2 Å². The van der Waals surface area contributed by atoms with Crippen LogP contribution in [0, 0.1) is 5.92 Å². The lowest BCUT2D eigenvalue weighted by Crippen LogP contribution is -2.22.